The van der Waals surface area contributed by atoms with Gasteiger partial charge in [-0.1, -0.05) is 13.0 Å². The zero-order valence-electron chi connectivity index (χ0n) is 13.5. The summed E-state index contributed by atoms with van der Waals surface area (Å²) in [6.45, 7) is 4.95. The maximum absolute atomic E-state index is 11.7. The van der Waals surface area contributed by atoms with E-state index in [1.165, 1.54) is 5.69 Å². The summed E-state index contributed by atoms with van der Waals surface area (Å²) in [4.78, 5) is 14.1. The Labute approximate surface area is 137 Å². The van der Waals surface area contributed by atoms with Gasteiger partial charge in [-0.2, -0.15) is 11.8 Å². The summed E-state index contributed by atoms with van der Waals surface area (Å²) >= 11 is 1.71. The molecule has 1 aromatic carbocycles. The first-order chi connectivity index (χ1) is 10.7. The number of hydrogen-bond acceptors (Lipinski definition) is 4. The molecular weight excluding hydrogens is 296 g/mol. The SMILES string of the molecule is CCCSCC(=O)NC[C@H]1CCN(c2cccc(OC)c2)C1. The number of methoxy groups -OCH3 is 1. The minimum Gasteiger partial charge on any atom is -0.497 e. The standard InChI is InChI=1S/C17H26N2O2S/c1-3-9-22-13-17(20)18-11-14-7-8-19(12-14)15-5-4-6-16(10-15)21-2/h4-6,10,14H,3,7-9,11-13H2,1-2H3,(H,18,20)/t14-/m1/s1. The van der Waals surface area contributed by atoms with E-state index >= 15 is 0 Å². The molecule has 1 heterocycles. The summed E-state index contributed by atoms with van der Waals surface area (Å²) in [5.41, 5.74) is 1.20. The Hall–Kier alpha value is -1.36. The van der Waals surface area contributed by atoms with Gasteiger partial charge >= 0.3 is 0 Å². The van der Waals surface area contributed by atoms with Gasteiger partial charge in [-0.3, -0.25) is 4.79 Å². The summed E-state index contributed by atoms with van der Waals surface area (Å²) in [5, 5.41) is 3.07. The zero-order chi connectivity index (χ0) is 15.8. The van der Waals surface area contributed by atoms with E-state index in [1.54, 1.807) is 18.9 Å². The molecule has 4 nitrogen and oxygen atoms in total. The van der Waals surface area contributed by atoms with Crippen LogP contribution in [0.25, 0.3) is 0 Å². The number of hydrogen-bond donors (Lipinski definition) is 1. The second kappa shape index (κ2) is 8.93. The van der Waals surface area contributed by atoms with Gasteiger partial charge in [0.25, 0.3) is 0 Å². The van der Waals surface area contributed by atoms with Crippen molar-refractivity contribution in [2.24, 2.45) is 5.92 Å². The second-order valence-electron chi connectivity index (χ2n) is 5.66. The molecule has 1 aliphatic rings. The van der Waals surface area contributed by atoms with E-state index in [0.29, 0.717) is 11.7 Å². The average Bonchev–Trinajstić information content (AvgIpc) is 3.02. The Morgan fingerprint density at radius 1 is 1.50 bits per heavy atom. The quantitative estimate of drug-likeness (QED) is 0.747. The summed E-state index contributed by atoms with van der Waals surface area (Å²) < 4.78 is 5.28. The molecule has 1 aliphatic heterocycles. The number of thioether (sulfide) groups is 1. The molecule has 1 amide bonds. The molecule has 1 N–H and O–H groups in total. The van der Waals surface area contributed by atoms with Gasteiger partial charge in [-0.05, 0) is 36.6 Å². The van der Waals surface area contributed by atoms with Crippen molar-refractivity contribution in [2.75, 3.05) is 43.1 Å². The molecule has 22 heavy (non-hydrogen) atoms. The molecule has 1 fully saturated rings. The molecule has 5 heteroatoms. The first kappa shape index (κ1) is 17.0. The number of benzene rings is 1. The van der Waals surface area contributed by atoms with Gasteiger partial charge in [0.2, 0.25) is 5.91 Å². The molecule has 0 unspecified atom stereocenters. The van der Waals surface area contributed by atoms with Crippen LogP contribution in [0.15, 0.2) is 24.3 Å². The lowest BCUT2D eigenvalue weighted by Gasteiger charge is -2.19. The first-order valence-electron chi connectivity index (χ1n) is 7.96. The molecule has 0 aromatic heterocycles. The Morgan fingerprint density at radius 2 is 2.36 bits per heavy atom. The van der Waals surface area contributed by atoms with Gasteiger partial charge in [0.05, 0.1) is 12.9 Å². The lowest BCUT2D eigenvalue weighted by Crippen LogP contribution is -2.32. The molecule has 122 valence electrons. The van der Waals surface area contributed by atoms with Crippen LogP contribution in [0, 0.1) is 5.92 Å². The third-order valence-electron chi connectivity index (χ3n) is 3.87. The van der Waals surface area contributed by atoms with Gasteiger partial charge < -0.3 is 15.0 Å². The van der Waals surface area contributed by atoms with Crippen molar-refractivity contribution in [2.45, 2.75) is 19.8 Å². The van der Waals surface area contributed by atoms with Crippen LogP contribution < -0.4 is 15.0 Å². The summed E-state index contributed by atoms with van der Waals surface area (Å²) in [5.74, 6) is 3.23. The molecule has 0 spiro atoms. The van der Waals surface area contributed by atoms with Crippen molar-refractivity contribution in [1.29, 1.82) is 0 Å². The first-order valence-corrected chi connectivity index (χ1v) is 9.11. The van der Waals surface area contributed by atoms with E-state index in [0.717, 1.165) is 44.0 Å². The molecule has 0 aliphatic carbocycles. The molecule has 2 rings (SSSR count). The van der Waals surface area contributed by atoms with E-state index < -0.39 is 0 Å². The Kier molecular flexibility index (Phi) is 6.90. The topological polar surface area (TPSA) is 41.6 Å². The van der Waals surface area contributed by atoms with Crippen molar-refractivity contribution in [3.05, 3.63) is 24.3 Å². The predicted molar refractivity (Wildman–Crippen MR) is 93.9 cm³/mol. The molecule has 1 saturated heterocycles. The van der Waals surface area contributed by atoms with Crippen LogP contribution in [-0.4, -0.2) is 44.2 Å². The third-order valence-corrected chi connectivity index (χ3v) is 5.04. The highest BCUT2D eigenvalue weighted by Crippen LogP contribution is 2.26. The Bertz CT molecular complexity index is 481. The Morgan fingerprint density at radius 3 is 3.14 bits per heavy atom. The normalized spacial score (nSPS) is 17.5. The van der Waals surface area contributed by atoms with Crippen LogP contribution >= 0.6 is 11.8 Å². The molecule has 0 bridgehead atoms. The fraction of sp³-hybridized carbons (Fsp3) is 0.588. The number of ether oxygens (including phenoxy) is 1. The number of amides is 1. The molecule has 1 aromatic rings. The maximum Gasteiger partial charge on any atom is 0.230 e. The maximum atomic E-state index is 11.7. The van der Waals surface area contributed by atoms with Gasteiger partial charge in [-0.15, -0.1) is 0 Å². The third kappa shape index (κ3) is 5.13. The van der Waals surface area contributed by atoms with Gasteiger partial charge in [0.1, 0.15) is 5.75 Å². The van der Waals surface area contributed by atoms with E-state index in [2.05, 4.69) is 29.3 Å². The fourth-order valence-corrected chi connectivity index (χ4v) is 3.38. The summed E-state index contributed by atoms with van der Waals surface area (Å²) in [7, 11) is 1.69. The number of nitrogens with zero attached hydrogens (tertiary/aromatic N) is 1. The largest absolute Gasteiger partial charge is 0.497 e. The molecular formula is C17H26N2O2S. The van der Waals surface area contributed by atoms with Crippen molar-refractivity contribution in [3.8, 4) is 5.75 Å². The van der Waals surface area contributed by atoms with Gasteiger partial charge in [0.15, 0.2) is 0 Å². The summed E-state index contributed by atoms with van der Waals surface area (Å²) in [6, 6.07) is 8.17. The molecule has 0 radical (unpaired) electrons. The van der Waals surface area contributed by atoms with Crippen LogP contribution in [0.4, 0.5) is 5.69 Å². The highest BCUT2D eigenvalue weighted by Gasteiger charge is 2.23. The highest BCUT2D eigenvalue weighted by atomic mass is 32.2. The van der Waals surface area contributed by atoms with Crippen LogP contribution in [0.2, 0.25) is 0 Å². The smallest absolute Gasteiger partial charge is 0.230 e. The number of carbonyl (C=O) groups excluding carboxylic acids is 1. The zero-order valence-corrected chi connectivity index (χ0v) is 14.3. The van der Waals surface area contributed by atoms with Crippen molar-refractivity contribution in [3.63, 3.8) is 0 Å². The molecule has 1 atom stereocenters. The van der Waals surface area contributed by atoms with Gasteiger partial charge in [-0.25, -0.2) is 0 Å². The molecule has 0 saturated carbocycles. The predicted octanol–water partition coefficient (Wildman–Crippen LogP) is 2.78. The number of rotatable bonds is 8. The van der Waals surface area contributed by atoms with Crippen LogP contribution in [0.3, 0.4) is 0 Å². The van der Waals surface area contributed by atoms with Crippen LogP contribution in [0.5, 0.6) is 5.75 Å². The van der Waals surface area contributed by atoms with E-state index in [9.17, 15) is 4.79 Å². The van der Waals surface area contributed by atoms with Crippen molar-refractivity contribution < 1.29 is 9.53 Å². The fourth-order valence-electron chi connectivity index (χ4n) is 2.66. The van der Waals surface area contributed by atoms with Crippen molar-refractivity contribution in [1.82, 2.24) is 5.32 Å². The van der Waals surface area contributed by atoms with E-state index in [1.807, 2.05) is 12.1 Å². The average molecular weight is 322 g/mol. The number of nitrogens with one attached hydrogen (secondary N) is 1. The minimum atomic E-state index is 0.165. The van der Waals surface area contributed by atoms with Crippen molar-refractivity contribution >= 4 is 23.4 Å². The second-order valence-corrected chi connectivity index (χ2v) is 6.76. The lowest BCUT2D eigenvalue weighted by atomic mass is 10.1. The summed E-state index contributed by atoms with van der Waals surface area (Å²) in [6.07, 6.45) is 2.25. The van der Waals surface area contributed by atoms with Crippen LogP contribution in [-0.2, 0) is 4.79 Å². The minimum absolute atomic E-state index is 0.165. The highest BCUT2D eigenvalue weighted by molar-refractivity contribution is 7.99. The van der Waals surface area contributed by atoms with E-state index in [4.69, 9.17) is 4.74 Å². The lowest BCUT2D eigenvalue weighted by molar-refractivity contribution is -0.118. The number of carbonyl (C=O) groups is 1. The van der Waals surface area contributed by atoms with Crippen LogP contribution in [0.1, 0.15) is 19.8 Å². The number of anilines is 1. The monoisotopic (exact) mass is 322 g/mol. The van der Waals surface area contributed by atoms with E-state index in [-0.39, 0.29) is 5.91 Å². The van der Waals surface area contributed by atoms with Gasteiger partial charge in [0, 0.05) is 31.4 Å². The Balaban J connectivity index is 1.74.